The first kappa shape index (κ1) is 15.3. The van der Waals surface area contributed by atoms with Gasteiger partial charge in [0, 0.05) is 38.1 Å². The molecule has 3 fully saturated rings. The number of piperidine rings is 1. The van der Waals surface area contributed by atoms with Crippen LogP contribution in [0.5, 0.6) is 0 Å². The Kier molecular flexibility index (Phi) is 4.82. The Balaban J connectivity index is 1.66. The third-order valence-electron chi connectivity index (χ3n) is 4.89. The fraction of sp³-hybridized carbons (Fsp3) is 0.938. The average Bonchev–Trinajstić information content (AvgIpc) is 2.99. The molecule has 0 radical (unpaired) electrons. The Hall–Kier alpha value is -0.650. The highest BCUT2D eigenvalue weighted by molar-refractivity contribution is 5.78. The number of fused-ring (bicyclic) bond motifs is 1. The van der Waals surface area contributed by atoms with Gasteiger partial charge in [-0.15, -0.1) is 0 Å². The zero-order chi connectivity index (χ0) is 14.8. The van der Waals surface area contributed by atoms with Crippen molar-refractivity contribution in [3.8, 4) is 0 Å². The molecule has 5 heteroatoms. The number of rotatable bonds is 3. The molecule has 0 aliphatic carbocycles. The largest absolute Gasteiger partial charge is 0.378 e. The minimum Gasteiger partial charge on any atom is -0.378 e. The number of likely N-dealkylation sites (tertiary alicyclic amines) is 1. The molecule has 0 bridgehead atoms. The van der Waals surface area contributed by atoms with Crippen molar-refractivity contribution in [2.24, 2.45) is 17.8 Å². The van der Waals surface area contributed by atoms with Crippen LogP contribution in [0.15, 0.2) is 0 Å². The van der Waals surface area contributed by atoms with Crippen molar-refractivity contribution in [1.29, 1.82) is 0 Å². The number of nitrogens with zero attached hydrogens (tertiary/aromatic N) is 2. The summed E-state index contributed by atoms with van der Waals surface area (Å²) in [4.78, 5) is 20.7. The van der Waals surface area contributed by atoms with Crippen LogP contribution in [0.2, 0.25) is 0 Å². The number of hydroxylamine groups is 2. The van der Waals surface area contributed by atoms with Gasteiger partial charge in [-0.05, 0) is 25.2 Å². The summed E-state index contributed by atoms with van der Waals surface area (Å²) in [5.41, 5.74) is 0. The predicted molar refractivity (Wildman–Crippen MR) is 79.5 cm³/mol. The molecule has 0 spiro atoms. The summed E-state index contributed by atoms with van der Waals surface area (Å²) < 4.78 is 5.94. The summed E-state index contributed by atoms with van der Waals surface area (Å²) in [5, 5.41) is 1.61. The van der Waals surface area contributed by atoms with Crippen LogP contribution < -0.4 is 0 Å². The van der Waals surface area contributed by atoms with Crippen molar-refractivity contribution in [3.05, 3.63) is 0 Å². The van der Waals surface area contributed by atoms with E-state index in [2.05, 4.69) is 18.7 Å². The quantitative estimate of drug-likeness (QED) is 0.792. The zero-order valence-corrected chi connectivity index (χ0v) is 13.3. The maximum absolute atomic E-state index is 12.7. The second-order valence-electron chi connectivity index (χ2n) is 7.04. The molecule has 0 N–H and O–H groups in total. The number of hydrogen-bond acceptors (Lipinski definition) is 4. The molecule has 1 amide bonds. The molecule has 0 unspecified atom stereocenters. The number of carbonyl (C=O) groups excluding carboxylic acids is 1. The number of ether oxygens (including phenoxy) is 1. The highest BCUT2D eigenvalue weighted by atomic mass is 16.7. The van der Waals surface area contributed by atoms with Crippen molar-refractivity contribution < 1.29 is 14.4 Å². The summed E-state index contributed by atoms with van der Waals surface area (Å²) in [5.74, 6) is 1.28. The third-order valence-corrected chi connectivity index (χ3v) is 4.89. The molecule has 5 nitrogen and oxygen atoms in total. The highest BCUT2D eigenvalue weighted by Crippen LogP contribution is 2.35. The SMILES string of the molecule is CC(C)CN1CC[C@H]2OCC[C@@H](C(=O)N3CCCO3)[C@@H]2C1. The molecule has 0 saturated carbocycles. The summed E-state index contributed by atoms with van der Waals surface area (Å²) in [6, 6.07) is 0. The number of carbonyl (C=O) groups is 1. The average molecular weight is 296 g/mol. The second kappa shape index (κ2) is 6.63. The van der Waals surface area contributed by atoms with Crippen LogP contribution in [-0.4, -0.2) is 61.4 Å². The van der Waals surface area contributed by atoms with Crippen molar-refractivity contribution >= 4 is 5.91 Å². The molecule has 3 aliphatic heterocycles. The lowest BCUT2D eigenvalue weighted by atomic mass is 9.78. The molecule has 0 aromatic rings. The van der Waals surface area contributed by atoms with E-state index in [9.17, 15) is 4.79 Å². The number of hydrogen-bond donors (Lipinski definition) is 0. The molecule has 120 valence electrons. The van der Waals surface area contributed by atoms with E-state index in [1.165, 1.54) is 0 Å². The van der Waals surface area contributed by atoms with E-state index in [0.717, 1.165) is 52.0 Å². The monoisotopic (exact) mass is 296 g/mol. The lowest BCUT2D eigenvalue weighted by Crippen LogP contribution is -2.54. The molecular formula is C16H28N2O3. The van der Waals surface area contributed by atoms with E-state index in [1.807, 2.05) is 0 Å². The molecular weight excluding hydrogens is 268 g/mol. The van der Waals surface area contributed by atoms with Crippen molar-refractivity contribution in [1.82, 2.24) is 9.96 Å². The predicted octanol–water partition coefficient (Wildman–Crippen LogP) is 1.53. The van der Waals surface area contributed by atoms with Gasteiger partial charge in [-0.2, -0.15) is 0 Å². The Morgan fingerprint density at radius 3 is 2.81 bits per heavy atom. The molecule has 0 aromatic carbocycles. The Morgan fingerprint density at radius 1 is 1.24 bits per heavy atom. The maximum Gasteiger partial charge on any atom is 0.249 e. The molecule has 3 rings (SSSR count). The first-order valence-electron chi connectivity index (χ1n) is 8.43. The van der Waals surface area contributed by atoms with Gasteiger partial charge in [0.1, 0.15) is 0 Å². The van der Waals surface area contributed by atoms with E-state index in [1.54, 1.807) is 5.06 Å². The lowest BCUT2D eigenvalue weighted by Gasteiger charge is -2.45. The normalized spacial score (nSPS) is 34.2. The molecule has 3 heterocycles. The van der Waals surface area contributed by atoms with E-state index >= 15 is 0 Å². The molecule has 3 aliphatic rings. The molecule has 3 atom stereocenters. The van der Waals surface area contributed by atoms with Crippen LogP contribution >= 0.6 is 0 Å². The Bertz CT molecular complexity index is 369. The van der Waals surface area contributed by atoms with Gasteiger partial charge in [0.15, 0.2) is 0 Å². The van der Waals surface area contributed by atoms with Gasteiger partial charge in [0.05, 0.1) is 19.3 Å². The van der Waals surface area contributed by atoms with Gasteiger partial charge in [-0.3, -0.25) is 9.63 Å². The molecule has 21 heavy (non-hydrogen) atoms. The van der Waals surface area contributed by atoms with Gasteiger partial charge in [0.25, 0.3) is 0 Å². The summed E-state index contributed by atoms with van der Waals surface area (Å²) in [7, 11) is 0. The van der Waals surface area contributed by atoms with Crippen molar-refractivity contribution in [2.45, 2.75) is 39.2 Å². The van der Waals surface area contributed by atoms with E-state index in [4.69, 9.17) is 9.57 Å². The van der Waals surface area contributed by atoms with Crippen LogP contribution in [0.1, 0.15) is 33.1 Å². The molecule has 3 saturated heterocycles. The van der Waals surface area contributed by atoms with Crippen LogP contribution in [0.3, 0.4) is 0 Å². The van der Waals surface area contributed by atoms with Crippen LogP contribution in [0, 0.1) is 17.8 Å². The Morgan fingerprint density at radius 2 is 2.10 bits per heavy atom. The van der Waals surface area contributed by atoms with Crippen LogP contribution in [-0.2, 0) is 14.4 Å². The summed E-state index contributed by atoms with van der Waals surface area (Å²) in [6.07, 6.45) is 3.12. The standard InChI is InChI=1S/C16H28N2O3/c1-12(2)10-17-7-4-15-14(11-17)13(5-9-20-15)16(19)18-6-3-8-21-18/h12-15H,3-11H2,1-2H3/t13-,14+,15-/m1/s1. The topological polar surface area (TPSA) is 42.0 Å². The van der Waals surface area contributed by atoms with Crippen LogP contribution in [0.25, 0.3) is 0 Å². The Labute approximate surface area is 127 Å². The third kappa shape index (κ3) is 3.41. The highest BCUT2D eigenvalue weighted by Gasteiger charge is 2.43. The maximum atomic E-state index is 12.7. The van der Waals surface area contributed by atoms with Crippen molar-refractivity contribution in [3.63, 3.8) is 0 Å². The van der Waals surface area contributed by atoms with Gasteiger partial charge in [-0.1, -0.05) is 13.8 Å². The minimum absolute atomic E-state index is 0.0804. The lowest BCUT2D eigenvalue weighted by molar-refractivity contribution is -0.185. The number of amides is 1. The van der Waals surface area contributed by atoms with Gasteiger partial charge in [0.2, 0.25) is 5.91 Å². The summed E-state index contributed by atoms with van der Waals surface area (Å²) >= 11 is 0. The zero-order valence-electron chi connectivity index (χ0n) is 13.3. The fourth-order valence-corrected chi connectivity index (χ4v) is 3.98. The van der Waals surface area contributed by atoms with Crippen molar-refractivity contribution in [2.75, 3.05) is 39.4 Å². The van der Waals surface area contributed by atoms with E-state index in [-0.39, 0.29) is 17.9 Å². The van der Waals surface area contributed by atoms with E-state index in [0.29, 0.717) is 18.4 Å². The van der Waals surface area contributed by atoms with Crippen LogP contribution in [0.4, 0.5) is 0 Å². The smallest absolute Gasteiger partial charge is 0.249 e. The fourth-order valence-electron chi connectivity index (χ4n) is 3.98. The first-order chi connectivity index (χ1) is 10.1. The minimum atomic E-state index is 0.0804. The second-order valence-corrected chi connectivity index (χ2v) is 7.04. The van der Waals surface area contributed by atoms with E-state index < -0.39 is 0 Å². The summed E-state index contributed by atoms with van der Waals surface area (Å²) in [6.45, 7) is 9.87. The van der Waals surface area contributed by atoms with Gasteiger partial charge < -0.3 is 9.64 Å². The first-order valence-corrected chi connectivity index (χ1v) is 8.43. The van der Waals surface area contributed by atoms with Gasteiger partial charge >= 0.3 is 0 Å². The van der Waals surface area contributed by atoms with Gasteiger partial charge in [-0.25, -0.2) is 5.06 Å². The molecule has 0 aromatic heterocycles.